The maximum atomic E-state index is 12.9. The van der Waals surface area contributed by atoms with Crippen LogP contribution in [-0.4, -0.2) is 50.6 Å². The fourth-order valence-electron chi connectivity index (χ4n) is 6.20. The minimum absolute atomic E-state index is 0.105. The second-order valence-corrected chi connectivity index (χ2v) is 13.0. The predicted molar refractivity (Wildman–Crippen MR) is 175 cm³/mol. The number of carbonyl (C=O) groups excluding carboxylic acids is 1. The highest BCUT2D eigenvalue weighted by Gasteiger charge is 2.29. The molecule has 4 heterocycles. The van der Waals surface area contributed by atoms with Crippen LogP contribution in [0.4, 0.5) is 24.7 Å². The van der Waals surface area contributed by atoms with Crippen molar-refractivity contribution in [1.82, 2.24) is 19.4 Å². The van der Waals surface area contributed by atoms with Gasteiger partial charge < -0.3 is 15.2 Å². The van der Waals surface area contributed by atoms with Crippen molar-refractivity contribution < 1.29 is 18.0 Å². The molecule has 0 unspecified atom stereocenters. The Kier molecular flexibility index (Phi) is 8.97. The van der Waals surface area contributed by atoms with E-state index in [-0.39, 0.29) is 16.8 Å². The lowest BCUT2D eigenvalue weighted by atomic mass is 10.0. The van der Waals surface area contributed by atoms with E-state index in [9.17, 15) is 23.2 Å². The molecular weight excluding hydrogens is 611 g/mol. The number of aromatic nitrogens is 3. The number of hydrogen-bond donors (Lipinski definition) is 2. The van der Waals surface area contributed by atoms with Gasteiger partial charge in [-0.1, -0.05) is 18.2 Å². The molecule has 1 fully saturated rings. The molecule has 6 rings (SSSR count). The van der Waals surface area contributed by atoms with Crippen LogP contribution in [0.3, 0.4) is 0 Å². The Morgan fingerprint density at radius 3 is 2.54 bits per heavy atom. The molecule has 12 heteroatoms. The largest absolute Gasteiger partial charge is 0.393 e. The Bertz CT molecular complexity index is 1920. The molecule has 0 aliphatic carbocycles. The fraction of sp³-hybridized carbons (Fsp3) is 0.353. The summed E-state index contributed by atoms with van der Waals surface area (Å²) < 4.78 is 40.9. The van der Waals surface area contributed by atoms with Crippen LogP contribution in [0.2, 0.25) is 0 Å². The van der Waals surface area contributed by atoms with E-state index in [1.165, 1.54) is 24.4 Å². The molecule has 0 atom stereocenters. The zero-order valence-electron chi connectivity index (χ0n) is 25.6. The van der Waals surface area contributed by atoms with E-state index >= 15 is 0 Å². The van der Waals surface area contributed by atoms with Gasteiger partial charge in [0, 0.05) is 60.6 Å². The number of anilines is 2. The van der Waals surface area contributed by atoms with Gasteiger partial charge >= 0.3 is 6.18 Å². The highest BCUT2D eigenvalue weighted by molar-refractivity contribution is 7.18. The van der Waals surface area contributed by atoms with Gasteiger partial charge in [0.1, 0.15) is 28.7 Å². The van der Waals surface area contributed by atoms with Crippen LogP contribution in [-0.2, 0) is 30.7 Å². The van der Waals surface area contributed by atoms with Crippen molar-refractivity contribution in [2.45, 2.75) is 64.8 Å². The number of alkyl halides is 3. The lowest BCUT2D eigenvalue weighted by Gasteiger charge is -2.33. The third-order valence-electron chi connectivity index (χ3n) is 8.56. The van der Waals surface area contributed by atoms with Crippen LogP contribution in [0.15, 0.2) is 54.9 Å². The first-order chi connectivity index (χ1) is 22.1. The Hall–Kier alpha value is -4.47. The number of rotatable bonds is 9. The maximum Gasteiger partial charge on any atom is 0.393 e. The second kappa shape index (κ2) is 13.1. The average Bonchev–Trinajstić information content (AvgIpc) is 3.59. The first kappa shape index (κ1) is 31.5. The monoisotopic (exact) mass is 645 g/mol. The molecule has 5 aromatic rings. The Labute approximate surface area is 268 Å². The average molecular weight is 646 g/mol. The zero-order valence-corrected chi connectivity index (χ0v) is 26.4. The molecule has 46 heavy (non-hydrogen) atoms. The number of amides is 1. The van der Waals surface area contributed by atoms with Gasteiger partial charge in [-0.05, 0) is 73.2 Å². The number of nitriles is 1. The van der Waals surface area contributed by atoms with Gasteiger partial charge in [-0.15, -0.1) is 11.3 Å². The molecule has 1 saturated heterocycles. The molecule has 0 spiro atoms. The SMILES string of the molecule is CC(=O)Nc1ccc(CCn2c(C#N)cc3c(C)c(CN4CCC(Nc5ncnc6sc(CC(F)(F)F)cc56)CC4)ccc32)cc1. The topological polar surface area (TPSA) is 98.9 Å². The van der Waals surface area contributed by atoms with Crippen LogP contribution < -0.4 is 10.6 Å². The molecule has 1 amide bonds. The van der Waals surface area contributed by atoms with Gasteiger partial charge in [0.05, 0.1) is 11.8 Å². The van der Waals surface area contributed by atoms with Gasteiger partial charge in [0.2, 0.25) is 5.91 Å². The third kappa shape index (κ3) is 7.16. The van der Waals surface area contributed by atoms with Crippen molar-refractivity contribution in [3.05, 3.63) is 82.1 Å². The second-order valence-electron chi connectivity index (χ2n) is 11.8. The quantitative estimate of drug-likeness (QED) is 0.176. The number of nitrogens with one attached hydrogen (secondary N) is 2. The Balaban J connectivity index is 1.09. The summed E-state index contributed by atoms with van der Waals surface area (Å²) in [7, 11) is 0. The standard InChI is InChI=1S/C34H34F3N7OS/c1-21-24(5-8-31-29(21)15-27(18-38)44(31)14-9-23-3-6-25(7-4-23)41-22(2)45)19-43-12-10-26(11-13-43)42-32-30-16-28(17-34(35,36)37)46-33(30)40-20-39-32/h3-8,15-16,20,26H,9-14,17,19H2,1-2H3,(H,41,45)(H,39,40,42). The van der Waals surface area contributed by atoms with E-state index in [0.29, 0.717) is 28.3 Å². The van der Waals surface area contributed by atoms with E-state index < -0.39 is 12.6 Å². The molecular formula is C34H34F3N7OS. The molecule has 0 bridgehead atoms. The molecule has 2 aromatic carbocycles. The fourth-order valence-corrected chi connectivity index (χ4v) is 7.23. The van der Waals surface area contributed by atoms with Crippen LogP contribution in [0.1, 0.15) is 47.0 Å². The van der Waals surface area contributed by atoms with Gasteiger partial charge in [-0.2, -0.15) is 18.4 Å². The van der Waals surface area contributed by atoms with Crippen molar-refractivity contribution in [2.75, 3.05) is 23.7 Å². The van der Waals surface area contributed by atoms with Gasteiger partial charge in [0.25, 0.3) is 0 Å². The number of piperidine rings is 1. The van der Waals surface area contributed by atoms with Crippen LogP contribution in [0, 0.1) is 18.3 Å². The molecule has 3 aromatic heterocycles. The number of carbonyl (C=O) groups is 1. The summed E-state index contributed by atoms with van der Waals surface area (Å²) >= 11 is 1.06. The third-order valence-corrected chi connectivity index (χ3v) is 9.60. The van der Waals surface area contributed by atoms with Crippen molar-refractivity contribution in [3.63, 3.8) is 0 Å². The number of thiophene rings is 1. The number of hydrogen-bond acceptors (Lipinski definition) is 7. The number of aryl methyl sites for hydroxylation is 3. The number of fused-ring (bicyclic) bond motifs is 2. The van der Waals surface area contributed by atoms with Crippen molar-refractivity contribution >= 4 is 49.9 Å². The summed E-state index contributed by atoms with van der Waals surface area (Å²) in [5.41, 5.74) is 5.95. The normalized spacial score (nSPS) is 14.5. The maximum absolute atomic E-state index is 12.9. The van der Waals surface area contributed by atoms with Crippen molar-refractivity contribution in [3.8, 4) is 6.07 Å². The highest BCUT2D eigenvalue weighted by atomic mass is 32.1. The van der Waals surface area contributed by atoms with Crippen molar-refractivity contribution in [2.24, 2.45) is 0 Å². The lowest BCUT2D eigenvalue weighted by molar-refractivity contribution is -0.126. The van der Waals surface area contributed by atoms with Gasteiger partial charge in [0.15, 0.2) is 0 Å². The molecule has 1 aliphatic rings. The minimum atomic E-state index is -4.26. The summed E-state index contributed by atoms with van der Waals surface area (Å²) in [6.07, 6.45) is -1.30. The summed E-state index contributed by atoms with van der Waals surface area (Å²) in [6, 6.07) is 18.1. The summed E-state index contributed by atoms with van der Waals surface area (Å²) in [4.78, 5) is 23.0. The van der Waals surface area contributed by atoms with E-state index in [1.54, 1.807) is 6.07 Å². The molecule has 8 nitrogen and oxygen atoms in total. The molecule has 238 valence electrons. The molecule has 2 N–H and O–H groups in total. The Morgan fingerprint density at radius 2 is 1.85 bits per heavy atom. The number of benzene rings is 2. The van der Waals surface area contributed by atoms with E-state index in [2.05, 4.69) is 55.2 Å². The number of nitrogens with zero attached hydrogens (tertiary/aromatic N) is 5. The van der Waals surface area contributed by atoms with Crippen molar-refractivity contribution in [1.29, 1.82) is 5.26 Å². The summed E-state index contributed by atoms with van der Waals surface area (Å²) in [5, 5.41) is 17.9. The minimum Gasteiger partial charge on any atom is -0.367 e. The predicted octanol–water partition coefficient (Wildman–Crippen LogP) is 7.21. The zero-order chi connectivity index (χ0) is 32.4. The number of halogens is 3. The van der Waals surface area contributed by atoms with Crippen LogP contribution >= 0.6 is 11.3 Å². The first-order valence-electron chi connectivity index (χ1n) is 15.2. The van der Waals surface area contributed by atoms with Gasteiger partial charge in [-0.25, -0.2) is 9.97 Å². The number of likely N-dealkylation sites (tertiary alicyclic amines) is 1. The lowest BCUT2D eigenvalue weighted by Crippen LogP contribution is -2.39. The summed E-state index contributed by atoms with van der Waals surface area (Å²) in [5.74, 6) is 0.486. The molecule has 1 aliphatic heterocycles. The van der Waals surface area contributed by atoms with Crippen LogP contribution in [0.5, 0.6) is 0 Å². The van der Waals surface area contributed by atoms with E-state index in [0.717, 1.165) is 72.4 Å². The highest BCUT2D eigenvalue weighted by Crippen LogP contribution is 2.33. The molecule has 0 saturated carbocycles. The van der Waals surface area contributed by atoms with Crippen LogP contribution in [0.25, 0.3) is 21.1 Å². The van der Waals surface area contributed by atoms with E-state index in [4.69, 9.17) is 0 Å². The smallest absolute Gasteiger partial charge is 0.367 e. The molecule has 0 radical (unpaired) electrons. The first-order valence-corrected chi connectivity index (χ1v) is 16.1. The van der Waals surface area contributed by atoms with Gasteiger partial charge in [-0.3, -0.25) is 9.69 Å². The Morgan fingerprint density at radius 1 is 1.09 bits per heavy atom. The van der Waals surface area contributed by atoms with E-state index in [1.807, 2.05) is 30.3 Å². The summed E-state index contributed by atoms with van der Waals surface area (Å²) in [6.45, 7) is 6.81.